The number of hydrogen-bond donors (Lipinski definition) is 2. The van der Waals surface area contributed by atoms with Gasteiger partial charge in [-0.2, -0.15) is 5.10 Å². The molecule has 1 aliphatic heterocycles. The van der Waals surface area contributed by atoms with Crippen LogP contribution in [0.15, 0.2) is 41.5 Å². The van der Waals surface area contributed by atoms with Crippen LogP contribution in [-0.2, 0) is 20.9 Å². The molecule has 2 aromatic carbocycles. The zero-order chi connectivity index (χ0) is 25.2. The van der Waals surface area contributed by atoms with Crippen LogP contribution in [0.4, 0.5) is 0 Å². The second kappa shape index (κ2) is 13.1. The van der Waals surface area contributed by atoms with E-state index in [1.807, 2.05) is 38.1 Å². The first-order valence-electron chi connectivity index (χ1n) is 11.4. The van der Waals surface area contributed by atoms with Gasteiger partial charge in [0, 0.05) is 19.6 Å². The molecule has 0 saturated carbocycles. The van der Waals surface area contributed by atoms with Crippen LogP contribution >= 0.6 is 22.6 Å². The van der Waals surface area contributed by atoms with E-state index in [-0.39, 0.29) is 19.1 Å². The maximum absolute atomic E-state index is 12.3. The number of hydrazone groups is 1. The summed E-state index contributed by atoms with van der Waals surface area (Å²) in [6.07, 6.45) is 3.45. The van der Waals surface area contributed by atoms with Crippen molar-refractivity contribution < 1.29 is 23.9 Å². The van der Waals surface area contributed by atoms with Crippen LogP contribution in [0.25, 0.3) is 0 Å². The highest BCUT2D eigenvalue weighted by Gasteiger charge is 2.20. The summed E-state index contributed by atoms with van der Waals surface area (Å²) in [5.41, 5.74) is 4.87. The van der Waals surface area contributed by atoms with E-state index in [1.54, 1.807) is 17.0 Å². The molecular formula is C25H29IN4O5. The molecule has 2 N–H and O–H groups in total. The van der Waals surface area contributed by atoms with Gasteiger partial charge < -0.3 is 19.7 Å². The van der Waals surface area contributed by atoms with Gasteiger partial charge in [0.2, 0.25) is 0 Å². The molecule has 3 rings (SSSR count). The smallest absolute Gasteiger partial charge is 0.329 e. The van der Waals surface area contributed by atoms with Crippen LogP contribution in [0.3, 0.4) is 0 Å². The Morgan fingerprint density at radius 1 is 1.09 bits per heavy atom. The normalized spacial score (nSPS) is 13.1. The van der Waals surface area contributed by atoms with Crippen molar-refractivity contribution in [3.05, 3.63) is 56.7 Å². The number of nitrogens with one attached hydrogen (secondary N) is 2. The third-order valence-corrected chi connectivity index (χ3v) is 6.09. The number of nitrogens with zero attached hydrogens (tertiary/aromatic N) is 2. The fraction of sp³-hybridized carbons (Fsp3) is 0.360. The minimum atomic E-state index is -0.867. The number of halogens is 1. The van der Waals surface area contributed by atoms with Crippen molar-refractivity contribution in [1.29, 1.82) is 0 Å². The van der Waals surface area contributed by atoms with E-state index in [4.69, 9.17) is 9.47 Å². The van der Waals surface area contributed by atoms with Crippen LogP contribution in [-0.4, -0.2) is 55.1 Å². The first-order valence-corrected chi connectivity index (χ1v) is 12.5. The molecular weight excluding hydrogens is 563 g/mol. The number of amides is 3. The van der Waals surface area contributed by atoms with Crippen molar-refractivity contribution in [3.63, 3.8) is 0 Å². The van der Waals surface area contributed by atoms with Crippen molar-refractivity contribution in [2.24, 2.45) is 5.10 Å². The Balaban J connectivity index is 1.56. The summed E-state index contributed by atoms with van der Waals surface area (Å²) in [6, 6.07) is 11.1. The first kappa shape index (κ1) is 26.5. The monoisotopic (exact) mass is 592 g/mol. The van der Waals surface area contributed by atoms with Gasteiger partial charge in [0.25, 0.3) is 5.91 Å². The Morgan fingerprint density at radius 2 is 1.80 bits per heavy atom. The summed E-state index contributed by atoms with van der Waals surface area (Å²) in [6.45, 7) is 5.95. The molecule has 0 atom stereocenters. The molecule has 1 aliphatic rings. The number of carbonyl (C=O) groups excluding carboxylic acids is 3. The molecule has 0 bridgehead atoms. The maximum atomic E-state index is 12.3. The van der Waals surface area contributed by atoms with Gasteiger partial charge in [-0.15, -0.1) is 0 Å². The van der Waals surface area contributed by atoms with Gasteiger partial charge in [-0.1, -0.05) is 29.8 Å². The third-order valence-electron chi connectivity index (χ3n) is 5.29. The zero-order valence-electron chi connectivity index (χ0n) is 19.8. The summed E-state index contributed by atoms with van der Waals surface area (Å²) in [5.74, 6) is -0.740. The van der Waals surface area contributed by atoms with Gasteiger partial charge in [0.05, 0.1) is 16.4 Å². The van der Waals surface area contributed by atoms with Crippen LogP contribution in [0.2, 0.25) is 0 Å². The molecule has 0 radical (unpaired) electrons. The van der Waals surface area contributed by atoms with Crippen molar-refractivity contribution in [2.75, 3.05) is 26.3 Å². The van der Waals surface area contributed by atoms with Gasteiger partial charge in [-0.3, -0.25) is 14.4 Å². The molecule has 9 nitrogen and oxygen atoms in total. The second-order valence-corrected chi connectivity index (χ2v) is 9.17. The molecule has 0 unspecified atom stereocenters. The minimum Gasteiger partial charge on any atom is -0.490 e. The minimum absolute atomic E-state index is 0.0465. The number of benzene rings is 2. The SMILES string of the molecule is CCOc1cc(/C=N\NC(=O)C(=O)NCc2ccc(C)cc2)cc(I)c1OCC(=O)N1CCCC1. The molecule has 10 heteroatoms. The molecule has 2 aromatic rings. The lowest BCUT2D eigenvalue weighted by Gasteiger charge is -2.18. The van der Waals surface area contributed by atoms with Gasteiger partial charge >= 0.3 is 11.8 Å². The molecule has 1 heterocycles. The van der Waals surface area contributed by atoms with Crippen LogP contribution in [0, 0.1) is 10.5 Å². The first-order chi connectivity index (χ1) is 16.9. The second-order valence-electron chi connectivity index (χ2n) is 8.01. The largest absolute Gasteiger partial charge is 0.490 e. The summed E-state index contributed by atoms with van der Waals surface area (Å²) >= 11 is 2.10. The number of carbonyl (C=O) groups is 3. The Kier molecular flexibility index (Phi) is 9.88. The van der Waals surface area contributed by atoms with Gasteiger partial charge in [0.15, 0.2) is 18.1 Å². The van der Waals surface area contributed by atoms with Crippen LogP contribution in [0.1, 0.15) is 36.5 Å². The lowest BCUT2D eigenvalue weighted by atomic mass is 10.1. The average Bonchev–Trinajstić information content (AvgIpc) is 3.38. The lowest BCUT2D eigenvalue weighted by Crippen LogP contribution is -2.37. The molecule has 3 amide bonds. The molecule has 0 aromatic heterocycles. The highest BCUT2D eigenvalue weighted by atomic mass is 127. The topological polar surface area (TPSA) is 109 Å². The highest BCUT2D eigenvalue weighted by Crippen LogP contribution is 2.34. The third kappa shape index (κ3) is 7.94. The number of rotatable bonds is 9. The van der Waals surface area contributed by atoms with Crippen molar-refractivity contribution in [2.45, 2.75) is 33.2 Å². The summed E-state index contributed by atoms with van der Waals surface area (Å²) < 4.78 is 12.2. The fourth-order valence-electron chi connectivity index (χ4n) is 3.44. The van der Waals surface area contributed by atoms with E-state index in [9.17, 15) is 14.4 Å². The number of hydrogen-bond acceptors (Lipinski definition) is 6. The maximum Gasteiger partial charge on any atom is 0.329 e. The van der Waals surface area contributed by atoms with E-state index in [0.29, 0.717) is 23.7 Å². The van der Waals surface area contributed by atoms with Gasteiger partial charge in [-0.05, 0) is 72.5 Å². The van der Waals surface area contributed by atoms with Crippen molar-refractivity contribution in [1.82, 2.24) is 15.6 Å². The van der Waals surface area contributed by atoms with Gasteiger partial charge in [0.1, 0.15) is 0 Å². The Morgan fingerprint density at radius 3 is 2.49 bits per heavy atom. The number of likely N-dealkylation sites (tertiary alicyclic amines) is 1. The predicted octanol–water partition coefficient (Wildman–Crippen LogP) is 2.77. The lowest BCUT2D eigenvalue weighted by molar-refractivity contribution is -0.139. The molecule has 35 heavy (non-hydrogen) atoms. The number of ether oxygens (including phenoxy) is 2. The predicted molar refractivity (Wildman–Crippen MR) is 140 cm³/mol. The standard InChI is InChI=1S/C25H29IN4O5/c1-3-34-21-13-19(12-20(26)23(21)35-16-22(31)30-10-4-5-11-30)15-28-29-25(33)24(32)27-14-18-8-6-17(2)7-9-18/h6-9,12-13,15H,3-5,10-11,14,16H2,1-2H3,(H,27,32)(H,29,33)/b28-15-. The molecule has 0 spiro atoms. The Labute approximate surface area is 218 Å². The highest BCUT2D eigenvalue weighted by molar-refractivity contribution is 14.1. The molecule has 1 fully saturated rings. The molecule has 186 valence electrons. The summed E-state index contributed by atoms with van der Waals surface area (Å²) in [7, 11) is 0. The van der Waals surface area contributed by atoms with E-state index in [0.717, 1.165) is 40.6 Å². The zero-order valence-corrected chi connectivity index (χ0v) is 22.0. The van der Waals surface area contributed by atoms with Crippen molar-refractivity contribution >= 4 is 46.5 Å². The van der Waals surface area contributed by atoms with E-state index < -0.39 is 11.8 Å². The van der Waals surface area contributed by atoms with E-state index in [1.165, 1.54) is 6.21 Å². The fourth-order valence-corrected chi connectivity index (χ4v) is 4.22. The average molecular weight is 592 g/mol. The van der Waals surface area contributed by atoms with E-state index in [2.05, 4.69) is 38.4 Å². The summed E-state index contributed by atoms with van der Waals surface area (Å²) in [5, 5.41) is 6.44. The van der Waals surface area contributed by atoms with Crippen LogP contribution in [0.5, 0.6) is 11.5 Å². The number of aryl methyl sites for hydroxylation is 1. The molecule has 0 aliphatic carbocycles. The summed E-state index contributed by atoms with van der Waals surface area (Å²) in [4.78, 5) is 38.2. The Hall–Kier alpha value is -3.15. The van der Waals surface area contributed by atoms with Crippen LogP contribution < -0.4 is 20.2 Å². The quantitative estimate of drug-likeness (QED) is 0.202. The van der Waals surface area contributed by atoms with Crippen molar-refractivity contribution in [3.8, 4) is 11.5 Å². The Bertz CT molecular complexity index is 1080. The van der Waals surface area contributed by atoms with E-state index >= 15 is 0 Å². The molecule has 1 saturated heterocycles. The van der Waals surface area contributed by atoms with Gasteiger partial charge in [-0.25, -0.2) is 5.43 Å².